The quantitative estimate of drug-likeness (QED) is 0.480. The fraction of sp³-hybridized carbons (Fsp3) is 1.00. The second-order valence-electron chi connectivity index (χ2n) is 4.60. The molecule has 2 unspecified atom stereocenters. The van der Waals surface area contributed by atoms with E-state index in [-0.39, 0.29) is 0 Å². The molecule has 4 aliphatic carbocycles. The van der Waals surface area contributed by atoms with Crippen molar-refractivity contribution >= 4 is 0 Å². The van der Waals surface area contributed by atoms with E-state index < -0.39 is 0 Å². The summed E-state index contributed by atoms with van der Waals surface area (Å²) in [5.41, 5.74) is 0. The molecule has 0 aliphatic heterocycles. The zero-order valence-electron chi connectivity index (χ0n) is 6.55. The van der Waals surface area contributed by atoms with Crippen LogP contribution >= 0.6 is 0 Å². The largest absolute Gasteiger partial charge is 0.0530 e. The number of hydrogen-bond donors (Lipinski definition) is 0. The van der Waals surface area contributed by atoms with E-state index in [2.05, 4.69) is 0 Å². The molecule has 4 saturated carbocycles. The average molecular weight is 136 g/mol. The first-order valence-electron chi connectivity index (χ1n) is 4.95. The van der Waals surface area contributed by atoms with E-state index in [1.165, 1.54) is 23.7 Å². The highest BCUT2D eigenvalue weighted by molar-refractivity contribution is 5.01. The Hall–Kier alpha value is 0. The Morgan fingerprint density at radius 3 is 1.70 bits per heavy atom. The van der Waals surface area contributed by atoms with Crippen LogP contribution in [0.1, 0.15) is 38.5 Å². The van der Waals surface area contributed by atoms with Crippen LogP contribution in [0.25, 0.3) is 0 Å². The van der Waals surface area contributed by atoms with Crippen molar-refractivity contribution in [3.63, 3.8) is 0 Å². The summed E-state index contributed by atoms with van der Waals surface area (Å²) in [5, 5.41) is 0. The highest BCUT2D eigenvalue weighted by Crippen LogP contribution is 2.60. The predicted octanol–water partition coefficient (Wildman–Crippen LogP) is 2.83. The highest BCUT2D eigenvalue weighted by Gasteiger charge is 2.51. The summed E-state index contributed by atoms with van der Waals surface area (Å²) in [6, 6.07) is 0. The van der Waals surface area contributed by atoms with Crippen molar-refractivity contribution in [3.8, 4) is 0 Å². The molecule has 56 valence electrons. The first-order valence-corrected chi connectivity index (χ1v) is 4.95. The van der Waals surface area contributed by atoms with Crippen molar-refractivity contribution in [2.75, 3.05) is 0 Å². The maximum atomic E-state index is 1.62. The summed E-state index contributed by atoms with van der Waals surface area (Å²) in [5.74, 6) is 4.82. The van der Waals surface area contributed by atoms with Gasteiger partial charge in [0, 0.05) is 0 Å². The van der Waals surface area contributed by atoms with E-state index >= 15 is 0 Å². The minimum absolute atomic E-state index is 1.20. The smallest absolute Gasteiger partial charge is 0.0355 e. The third kappa shape index (κ3) is 0.538. The van der Waals surface area contributed by atoms with Gasteiger partial charge in [-0.05, 0) is 49.4 Å². The molecule has 0 heteroatoms. The van der Waals surface area contributed by atoms with Gasteiger partial charge >= 0.3 is 0 Å². The second kappa shape index (κ2) is 1.78. The number of rotatable bonds is 0. The van der Waals surface area contributed by atoms with Gasteiger partial charge in [0.25, 0.3) is 0 Å². The zero-order chi connectivity index (χ0) is 6.55. The van der Waals surface area contributed by atoms with Crippen LogP contribution in [0.15, 0.2) is 0 Å². The molecule has 0 radical (unpaired) electrons. The molecule has 0 aromatic rings. The van der Waals surface area contributed by atoms with E-state index in [4.69, 9.17) is 0 Å². The summed E-state index contributed by atoms with van der Waals surface area (Å²) >= 11 is 0. The van der Waals surface area contributed by atoms with Gasteiger partial charge in [0.15, 0.2) is 0 Å². The van der Waals surface area contributed by atoms with Gasteiger partial charge in [0.05, 0.1) is 0 Å². The molecular formula is C10H16. The molecule has 4 fully saturated rings. The SMILES string of the molecule is C1CCC2C3CC(C3)C2C1. The minimum atomic E-state index is 1.20. The molecule has 2 bridgehead atoms. The molecule has 0 aromatic heterocycles. The van der Waals surface area contributed by atoms with Crippen LogP contribution in [0, 0.1) is 23.7 Å². The first kappa shape index (κ1) is 5.62. The van der Waals surface area contributed by atoms with Crippen molar-refractivity contribution in [1.29, 1.82) is 0 Å². The van der Waals surface area contributed by atoms with Gasteiger partial charge in [-0.1, -0.05) is 12.8 Å². The summed E-state index contributed by atoms with van der Waals surface area (Å²) in [6.07, 6.45) is 9.51. The van der Waals surface area contributed by atoms with Crippen molar-refractivity contribution in [2.45, 2.75) is 38.5 Å². The topological polar surface area (TPSA) is 0 Å². The van der Waals surface area contributed by atoms with Gasteiger partial charge in [-0.2, -0.15) is 0 Å². The van der Waals surface area contributed by atoms with E-state index in [0.29, 0.717) is 0 Å². The van der Waals surface area contributed by atoms with Gasteiger partial charge in [-0.25, -0.2) is 0 Å². The van der Waals surface area contributed by atoms with Crippen LogP contribution in [-0.2, 0) is 0 Å². The van der Waals surface area contributed by atoms with E-state index in [9.17, 15) is 0 Å². The van der Waals surface area contributed by atoms with Crippen molar-refractivity contribution in [1.82, 2.24) is 0 Å². The lowest BCUT2D eigenvalue weighted by molar-refractivity contribution is 0.268. The van der Waals surface area contributed by atoms with Crippen LogP contribution < -0.4 is 0 Å². The Morgan fingerprint density at radius 2 is 1.20 bits per heavy atom. The molecule has 0 aromatic carbocycles. The normalized spacial score (nSPS) is 57.6. The summed E-state index contributed by atoms with van der Waals surface area (Å²) in [7, 11) is 0. The number of hydrogen-bond acceptors (Lipinski definition) is 0. The Bertz CT molecular complexity index is 128. The molecule has 0 amide bonds. The molecule has 0 nitrogen and oxygen atoms in total. The first-order chi connectivity index (χ1) is 4.95. The third-order valence-electron chi connectivity index (χ3n) is 4.30. The Balaban J connectivity index is 1.85. The summed E-state index contributed by atoms with van der Waals surface area (Å²) < 4.78 is 0. The van der Waals surface area contributed by atoms with Gasteiger partial charge in [0.1, 0.15) is 0 Å². The molecule has 2 atom stereocenters. The molecule has 0 spiro atoms. The standard InChI is InChI=1S/C10H16/c1-2-4-10-8-5-7(6-8)9(10)3-1/h7-10H,1-6H2. The van der Waals surface area contributed by atoms with E-state index in [0.717, 1.165) is 0 Å². The summed E-state index contributed by atoms with van der Waals surface area (Å²) in [6.45, 7) is 0. The maximum absolute atomic E-state index is 1.62. The molecule has 4 aliphatic rings. The van der Waals surface area contributed by atoms with Crippen molar-refractivity contribution < 1.29 is 0 Å². The molecule has 0 saturated heterocycles. The maximum Gasteiger partial charge on any atom is -0.0355 e. The summed E-state index contributed by atoms with van der Waals surface area (Å²) in [4.78, 5) is 0. The highest BCUT2D eigenvalue weighted by atomic mass is 14.6. The van der Waals surface area contributed by atoms with Crippen molar-refractivity contribution in [3.05, 3.63) is 0 Å². The van der Waals surface area contributed by atoms with E-state index in [1.807, 2.05) is 0 Å². The lowest BCUT2D eigenvalue weighted by atomic mass is 9.82. The molecule has 0 heterocycles. The van der Waals surface area contributed by atoms with Gasteiger partial charge in [0.2, 0.25) is 0 Å². The van der Waals surface area contributed by atoms with Crippen LogP contribution in [-0.4, -0.2) is 0 Å². The van der Waals surface area contributed by atoms with E-state index in [1.54, 1.807) is 38.5 Å². The lowest BCUT2D eigenvalue weighted by Crippen LogP contribution is -2.13. The van der Waals surface area contributed by atoms with Crippen LogP contribution in [0.4, 0.5) is 0 Å². The van der Waals surface area contributed by atoms with Crippen LogP contribution in [0.5, 0.6) is 0 Å². The van der Waals surface area contributed by atoms with Crippen LogP contribution in [0.3, 0.4) is 0 Å². The lowest BCUT2D eigenvalue weighted by Gasteiger charge is -2.24. The zero-order valence-corrected chi connectivity index (χ0v) is 6.55. The molecule has 10 heavy (non-hydrogen) atoms. The second-order valence-corrected chi connectivity index (χ2v) is 4.60. The van der Waals surface area contributed by atoms with Crippen molar-refractivity contribution in [2.24, 2.45) is 23.7 Å². The Kier molecular flexibility index (Phi) is 1.00. The third-order valence-corrected chi connectivity index (χ3v) is 4.30. The van der Waals surface area contributed by atoms with Gasteiger partial charge in [-0.3, -0.25) is 0 Å². The average Bonchev–Trinajstić information content (AvgIpc) is 2.36. The molecule has 0 N–H and O–H groups in total. The van der Waals surface area contributed by atoms with Gasteiger partial charge in [-0.15, -0.1) is 0 Å². The fourth-order valence-electron chi connectivity index (χ4n) is 3.77. The van der Waals surface area contributed by atoms with Crippen LogP contribution in [0.2, 0.25) is 0 Å². The predicted molar refractivity (Wildman–Crippen MR) is 41.7 cm³/mol. The Labute approximate surface area is 63.0 Å². The van der Waals surface area contributed by atoms with Gasteiger partial charge < -0.3 is 0 Å². The minimum Gasteiger partial charge on any atom is -0.0530 e. The molecule has 4 rings (SSSR count). The Morgan fingerprint density at radius 1 is 0.700 bits per heavy atom. The fourth-order valence-corrected chi connectivity index (χ4v) is 3.77. The molecular weight excluding hydrogens is 120 g/mol. The monoisotopic (exact) mass is 136 g/mol.